The monoisotopic (exact) mass is 1960 g/mol. The summed E-state index contributed by atoms with van der Waals surface area (Å²) in [7, 11) is 11.8. The Morgan fingerprint density at radius 2 is 0.681 bits per heavy atom. The molecular weight excluding hydrogens is 1840 g/mol. The first kappa shape index (κ1) is 98.9. The van der Waals surface area contributed by atoms with Crippen LogP contribution >= 0.6 is 0 Å². The van der Waals surface area contributed by atoms with Gasteiger partial charge in [-0.1, -0.05) is 26.7 Å². The number of rotatable bonds is 32. The van der Waals surface area contributed by atoms with E-state index in [1.54, 1.807) is 72.7 Å². The van der Waals surface area contributed by atoms with Crippen molar-refractivity contribution in [2.45, 2.75) is 130 Å². The molecule has 0 atom stereocenters. The number of anilines is 8. The molecule has 0 bridgehead atoms. The standard InChI is InChI=1S/C33H40N6O4.C27H31N5O2.C26H29N5O2.C24H25N5O4S/c1-33(2,3)43-32(40)37-12-10-24(11-13-37)39-21-23(18-35-39)31-19-34-29-9-8-25(16-30(29)36-31)38(20-22-6-7-22)26-14-27(41-4)17-28(15-26)42-5;1-18(2)15-31-17-20(13-29-31)27-14-28-25-8-7-21(11-26(25)30-27)32(16-19-5-6-19)22-9-23(33-3)12-24(10-22)34-4;1-30-17-19(14-28-30)26-15-27-24-9-8-20(12-25(24)29-26)31(16-18-6-4-5-7-18)21-10-22(32-2)13-23(11-21)33-3;1-32-20-8-19(9-21(11-20)33-2)28(14-16-4-5-16)18-6-7-22-23(10-18)27-24(13-25-22)17-12-26-29(15-17)34(3,30)31/h8-9,14-19,21-22,24H,6-7,10-13,20H2,1-5H3;7-14,17-19H,5-6,15-16H2,1-4H3;8-15,17-18H,4-7,16H2,1-3H3;6-13,15-16H,4-5,14H2,1-3H3. The number of piperidine rings is 1. The number of fused-ring (bicyclic) bond motifs is 4. The third kappa shape index (κ3) is 24.6. The van der Waals surface area contributed by atoms with Crippen LogP contribution in [0.4, 0.5) is 50.3 Å². The number of benzene rings is 8. The minimum Gasteiger partial charge on any atom is -0.497 e. The van der Waals surface area contributed by atoms with Crippen LogP contribution in [0.5, 0.6) is 46.0 Å². The molecule has 8 aromatic carbocycles. The molecule has 5 fully saturated rings. The number of hydrogen-bond donors (Lipinski definition) is 0. The Balaban J connectivity index is 0.000000127. The predicted octanol–water partition coefficient (Wildman–Crippen LogP) is 21.6. The molecule has 8 aromatic heterocycles. The average molecular weight is 1970 g/mol. The molecule has 9 heterocycles. The van der Waals surface area contributed by atoms with Gasteiger partial charge in [0.2, 0.25) is 0 Å². The van der Waals surface area contributed by atoms with Crippen molar-refractivity contribution in [2.24, 2.45) is 36.6 Å². The van der Waals surface area contributed by atoms with Gasteiger partial charge in [-0.2, -0.15) is 24.5 Å². The SMILES string of the molecule is COc1cc(OC)cc(N(CC2CC2)c2ccc3ncc(-c4cnn(C5CCN(C(=O)OC(C)(C)C)CC5)c4)nc3c2)c1.COc1cc(OC)cc(N(CC2CC2)c2ccc3ncc(-c4cnn(CC(C)C)c4)nc3c2)c1.COc1cc(OC)cc(N(CC2CC2)c2ccc3ncc(-c4cnn(S(C)(=O)=O)c4)nc3c2)c1.COc1cc(OC)cc(N(CC2CCCC2)c2ccc3ncc(-c4cnn(C)c4)nc3c2)c1. The van der Waals surface area contributed by atoms with E-state index in [-0.39, 0.29) is 12.1 Å². The fourth-order valence-corrected chi connectivity index (χ4v) is 18.6. The van der Waals surface area contributed by atoms with E-state index < -0.39 is 15.6 Å². The summed E-state index contributed by atoms with van der Waals surface area (Å²) in [5.74, 6) is 9.24. The van der Waals surface area contributed by atoms with Gasteiger partial charge in [0.25, 0.3) is 10.0 Å². The molecule has 144 heavy (non-hydrogen) atoms. The maximum absolute atomic E-state index is 12.5. The molecule has 4 aliphatic carbocycles. The summed E-state index contributed by atoms with van der Waals surface area (Å²) < 4.78 is 80.0. The first-order valence-corrected chi connectivity index (χ1v) is 50.9. The number of ether oxygens (including phenoxy) is 9. The first-order chi connectivity index (χ1) is 69.7. The molecule has 34 heteroatoms. The highest BCUT2D eigenvalue weighted by Gasteiger charge is 2.33. The van der Waals surface area contributed by atoms with Gasteiger partial charge in [-0.3, -0.25) is 34.0 Å². The van der Waals surface area contributed by atoms with Crippen molar-refractivity contribution in [1.82, 2.24) is 83.3 Å². The predicted molar refractivity (Wildman–Crippen MR) is 562 cm³/mol. The van der Waals surface area contributed by atoms with Crippen molar-refractivity contribution in [2.75, 3.05) is 122 Å². The summed E-state index contributed by atoms with van der Waals surface area (Å²) in [4.78, 5) is 61.7. The van der Waals surface area contributed by atoms with Gasteiger partial charge in [0.15, 0.2) is 0 Å². The van der Waals surface area contributed by atoms with Gasteiger partial charge in [-0.15, -0.1) is 0 Å². The lowest BCUT2D eigenvalue weighted by atomic mass is 10.1. The van der Waals surface area contributed by atoms with Crippen LogP contribution in [0.1, 0.15) is 118 Å². The molecule has 33 nitrogen and oxygen atoms in total. The Bertz CT molecular complexity index is 7250. The summed E-state index contributed by atoms with van der Waals surface area (Å²) >= 11 is 0. The van der Waals surface area contributed by atoms with Crippen LogP contribution < -0.4 is 57.5 Å². The quantitative estimate of drug-likeness (QED) is 0.0378. The van der Waals surface area contributed by atoms with Gasteiger partial charge >= 0.3 is 6.09 Å². The zero-order chi connectivity index (χ0) is 100. The zero-order valence-electron chi connectivity index (χ0n) is 84.4. The lowest BCUT2D eigenvalue weighted by Gasteiger charge is -2.33. The molecule has 0 radical (unpaired) electrons. The topological polar surface area (TPSA) is 325 Å². The molecule has 0 unspecified atom stereocenters. The molecule has 0 N–H and O–H groups in total. The van der Waals surface area contributed by atoms with Crippen molar-refractivity contribution in [3.8, 4) is 91.0 Å². The summed E-state index contributed by atoms with van der Waals surface area (Å²) in [6.07, 6.45) is 36.6. The van der Waals surface area contributed by atoms with Crippen LogP contribution in [0.3, 0.4) is 0 Å². The number of likely N-dealkylation sites (tertiary alicyclic amines) is 1. The number of amides is 1. The molecule has 16 aromatic rings. The molecule has 0 spiro atoms. The Morgan fingerprint density at radius 1 is 0.368 bits per heavy atom. The van der Waals surface area contributed by atoms with Gasteiger partial charge in [0.1, 0.15) is 51.6 Å². The summed E-state index contributed by atoms with van der Waals surface area (Å²) in [5, 5.41) is 17.3. The average Bonchev–Trinajstić information content (AvgIpc) is 1.25. The number of aromatic nitrogens is 16. The lowest BCUT2D eigenvalue weighted by molar-refractivity contribution is 0.0184. The second kappa shape index (κ2) is 43.7. The van der Waals surface area contributed by atoms with Crippen molar-refractivity contribution in [1.29, 1.82) is 0 Å². The van der Waals surface area contributed by atoms with Crippen LogP contribution in [0.15, 0.2) is 220 Å². The maximum atomic E-state index is 12.5. The van der Waals surface area contributed by atoms with Crippen LogP contribution in [-0.2, 0) is 28.4 Å². The Labute approximate surface area is 839 Å². The molecule has 4 saturated carbocycles. The van der Waals surface area contributed by atoms with E-state index in [0.29, 0.717) is 59.5 Å². The number of hydrogen-bond acceptors (Lipinski definition) is 28. The van der Waals surface area contributed by atoms with Gasteiger partial charge < -0.3 is 67.1 Å². The largest absolute Gasteiger partial charge is 0.497 e. The Hall–Kier alpha value is -15.2. The number of carbonyl (C=O) groups excluding carboxylic acids is 1. The Morgan fingerprint density at radius 3 is 0.986 bits per heavy atom. The molecule has 5 aliphatic rings. The van der Waals surface area contributed by atoms with Gasteiger partial charge in [0, 0.05) is 212 Å². The first-order valence-electron chi connectivity index (χ1n) is 49.1. The van der Waals surface area contributed by atoms with Crippen LogP contribution in [-0.4, -0.2) is 206 Å². The summed E-state index contributed by atoms with van der Waals surface area (Å²) in [6.45, 7) is 15.9. The molecule has 21 rings (SSSR count). The molecule has 1 aliphatic heterocycles. The smallest absolute Gasteiger partial charge is 0.410 e. The molecule has 1 amide bonds. The minimum absolute atomic E-state index is 0.211. The lowest BCUT2D eigenvalue weighted by Crippen LogP contribution is -2.42. The van der Waals surface area contributed by atoms with Crippen molar-refractivity contribution in [3.05, 3.63) is 220 Å². The van der Waals surface area contributed by atoms with Crippen molar-refractivity contribution in [3.63, 3.8) is 0 Å². The fourth-order valence-electron chi connectivity index (χ4n) is 18.0. The van der Waals surface area contributed by atoms with Crippen LogP contribution in [0, 0.1) is 29.6 Å². The highest BCUT2D eigenvalue weighted by Crippen LogP contribution is 2.45. The Kier molecular flexibility index (Phi) is 30.0. The van der Waals surface area contributed by atoms with E-state index in [2.05, 4.69) is 129 Å². The highest BCUT2D eigenvalue weighted by molar-refractivity contribution is 7.89. The second-order valence-corrected chi connectivity index (χ2v) is 40.8. The summed E-state index contributed by atoms with van der Waals surface area (Å²) in [6, 6.07) is 48.9. The number of aryl methyl sites for hydroxylation is 1. The maximum Gasteiger partial charge on any atom is 0.410 e. The minimum atomic E-state index is -3.47. The number of methoxy groups -OCH3 is 8. The fraction of sp³-hybridized carbons (Fsp3) is 0.373. The van der Waals surface area contributed by atoms with Gasteiger partial charge in [0.05, 0.1) is 192 Å². The second-order valence-electron chi connectivity index (χ2n) is 38.9. The third-order valence-corrected chi connectivity index (χ3v) is 27.2. The van der Waals surface area contributed by atoms with Crippen molar-refractivity contribution >= 4 is 106 Å². The number of carbonyl (C=O) groups is 1. The number of nitrogens with zero attached hydrogens (tertiary/aromatic N) is 21. The zero-order valence-corrected chi connectivity index (χ0v) is 85.2. The van der Waals surface area contributed by atoms with E-state index in [9.17, 15) is 13.2 Å². The van der Waals surface area contributed by atoms with Gasteiger partial charge in [-0.25, -0.2) is 33.1 Å². The van der Waals surface area contributed by atoms with E-state index in [1.165, 1.54) is 76.6 Å². The molecular formula is C110H125N21O12S. The van der Waals surface area contributed by atoms with Gasteiger partial charge in [-0.05, 0) is 187 Å². The third-order valence-electron chi connectivity index (χ3n) is 26.3. The van der Waals surface area contributed by atoms with Crippen LogP contribution in [0.2, 0.25) is 0 Å². The van der Waals surface area contributed by atoms with E-state index in [1.807, 2.05) is 178 Å². The molecule has 748 valence electrons. The van der Waals surface area contributed by atoms with E-state index in [0.717, 1.165) is 220 Å². The van der Waals surface area contributed by atoms with Crippen LogP contribution in [0.25, 0.3) is 89.2 Å². The molecule has 1 saturated heterocycles. The van der Waals surface area contributed by atoms with Crippen molar-refractivity contribution < 1.29 is 55.8 Å². The van der Waals surface area contributed by atoms with E-state index in [4.69, 9.17) is 67.6 Å². The highest BCUT2D eigenvalue weighted by atomic mass is 32.2. The normalized spacial score (nSPS) is 14.4. The van der Waals surface area contributed by atoms with E-state index >= 15 is 0 Å². The summed E-state index contributed by atoms with van der Waals surface area (Å²) in [5.41, 5.74) is 20.8.